The predicted molar refractivity (Wildman–Crippen MR) is 61.8 cm³/mol. The fourth-order valence-electron chi connectivity index (χ4n) is 1.91. The van der Waals surface area contributed by atoms with Crippen molar-refractivity contribution in [3.8, 4) is 0 Å². The lowest BCUT2D eigenvalue weighted by Crippen LogP contribution is -2.50. The average Bonchev–Trinajstić information content (AvgIpc) is 2.40. The van der Waals surface area contributed by atoms with Gasteiger partial charge in [0, 0.05) is 31.6 Å². The normalized spacial score (nSPS) is 20.3. The SMILES string of the molecule is COCC1COCCN1C(=O)c1ccncc1. The number of carbonyl (C=O) groups excluding carboxylic acids is 1. The summed E-state index contributed by atoms with van der Waals surface area (Å²) in [6, 6.07) is 3.44. The summed E-state index contributed by atoms with van der Waals surface area (Å²) in [6.45, 7) is 2.22. The molecule has 0 aromatic carbocycles. The molecule has 1 aliphatic heterocycles. The lowest BCUT2D eigenvalue weighted by molar-refractivity contribution is -0.0251. The molecule has 1 atom stereocenters. The highest BCUT2D eigenvalue weighted by atomic mass is 16.5. The zero-order valence-corrected chi connectivity index (χ0v) is 9.83. The van der Waals surface area contributed by atoms with Crippen LogP contribution >= 0.6 is 0 Å². The van der Waals surface area contributed by atoms with E-state index in [1.165, 1.54) is 0 Å². The smallest absolute Gasteiger partial charge is 0.254 e. The van der Waals surface area contributed by atoms with Gasteiger partial charge >= 0.3 is 0 Å². The molecule has 5 heteroatoms. The highest BCUT2D eigenvalue weighted by Crippen LogP contribution is 2.12. The standard InChI is InChI=1S/C12H16N2O3/c1-16-8-11-9-17-7-6-14(11)12(15)10-2-4-13-5-3-10/h2-5,11H,6-9H2,1H3. The number of carbonyl (C=O) groups is 1. The molecule has 0 bridgehead atoms. The number of hydrogen-bond acceptors (Lipinski definition) is 4. The Morgan fingerprint density at radius 3 is 3.06 bits per heavy atom. The summed E-state index contributed by atoms with van der Waals surface area (Å²) in [7, 11) is 1.63. The average molecular weight is 236 g/mol. The zero-order valence-electron chi connectivity index (χ0n) is 9.83. The minimum absolute atomic E-state index is 0.00517. The molecule has 0 aliphatic carbocycles. The van der Waals surface area contributed by atoms with Crippen molar-refractivity contribution in [2.45, 2.75) is 6.04 Å². The number of ether oxygens (including phenoxy) is 2. The van der Waals surface area contributed by atoms with Crippen molar-refractivity contribution >= 4 is 5.91 Å². The van der Waals surface area contributed by atoms with Crippen molar-refractivity contribution in [3.63, 3.8) is 0 Å². The van der Waals surface area contributed by atoms with Crippen LogP contribution in [0.3, 0.4) is 0 Å². The maximum absolute atomic E-state index is 12.3. The van der Waals surface area contributed by atoms with Crippen LogP contribution in [0.1, 0.15) is 10.4 Å². The predicted octanol–water partition coefficient (Wildman–Crippen LogP) is 0.569. The highest BCUT2D eigenvalue weighted by molar-refractivity contribution is 5.94. The van der Waals surface area contributed by atoms with Crippen molar-refractivity contribution in [2.75, 3.05) is 33.5 Å². The number of rotatable bonds is 3. The van der Waals surface area contributed by atoms with Crippen molar-refractivity contribution in [1.82, 2.24) is 9.88 Å². The highest BCUT2D eigenvalue weighted by Gasteiger charge is 2.27. The van der Waals surface area contributed by atoms with Gasteiger partial charge in [0.15, 0.2) is 0 Å². The largest absolute Gasteiger partial charge is 0.382 e. The molecule has 1 fully saturated rings. The molecule has 0 saturated carbocycles. The van der Waals surface area contributed by atoms with Crippen LogP contribution in [-0.2, 0) is 9.47 Å². The monoisotopic (exact) mass is 236 g/mol. The van der Waals surface area contributed by atoms with E-state index in [1.807, 2.05) is 4.90 Å². The number of morpholine rings is 1. The van der Waals surface area contributed by atoms with E-state index in [9.17, 15) is 4.79 Å². The van der Waals surface area contributed by atoms with E-state index in [-0.39, 0.29) is 11.9 Å². The Bertz CT molecular complexity index is 367. The zero-order chi connectivity index (χ0) is 12.1. The van der Waals surface area contributed by atoms with E-state index in [0.29, 0.717) is 31.9 Å². The van der Waals surface area contributed by atoms with Gasteiger partial charge in [0.25, 0.3) is 5.91 Å². The molecule has 2 heterocycles. The molecule has 1 aromatic rings. The summed E-state index contributed by atoms with van der Waals surface area (Å²) in [5.74, 6) is 0.0118. The molecule has 0 radical (unpaired) electrons. The third kappa shape index (κ3) is 2.81. The van der Waals surface area contributed by atoms with Crippen molar-refractivity contribution in [2.24, 2.45) is 0 Å². The van der Waals surface area contributed by atoms with Gasteiger partial charge in [0.05, 0.1) is 25.9 Å². The van der Waals surface area contributed by atoms with E-state index < -0.39 is 0 Å². The van der Waals surface area contributed by atoms with E-state index in [0.717, 1.165) is 0 Å². The second-order valence-corrected chi connectivity index (χ2v) is 3.92. The molecule has 1 unspecified atom stereocenters. The second-order valence-electron chi connectivity index (χ2n) is 3.92. The minimum atomic E-state index is -0.00517. The molecule has 5 nitrogen and oxygen atoms in total. The van der Waals surface area contributed by atoms with Crippen LogP contribution in [0.15, 0.2) is 24.5 Å². The second kappa shape index (κ2) is 5.75. The molecule has 2 rings (SSSR count). The Hall–Kier alpha value is -1.46. The summed E-state index contributed by atoms with van der Waals surface area (Å²) in [6.07, 6.45) is 3.25. The Morgan fingerprint density at radius 2 is 2.35 bits per heavy atom. The van der Waals surface area contributed by atoms with Gasteiger partial charge in [0.2, 0.25) is 0 Å². The third-order valence-corrected chi connectivity index (χ3v) is 2.77. The number of hydrogen-bond donors (Lipinski definition) is 0. The molecule has 0 spiro atoms. The van der Waals surface area contributed by atoms with E-state index in [1.54, 1.807) is 31.6 Å². The van der Waals surface area contributed by atoms with Gasteiger partial charge in [-0.3, -0.25) is 9.78 Å². The van der Waals surface area contributed by atoms with Gasteiger partial charge in [0.1, 0.15) is 0 Å². The van der Waals surface area contributed by atoms with Crippen LogP contribution in [0.4, 0.5) is 0 Å². The van der Waals surface area contributed by atoms with Gasteiger partial charge in [-0.2, -0.15) is 0 Å². The Morgan fingerprint density at radius 1 is 1.59 bits per heavy atom. The minimum Gasteiger partial charge on any atom is -0.382 e. The number of pyridine rings is 1. The van der Waals surface area contributed by atoms with Gasteiger partial charge in [-0.25, -0.2) is 0 Å². The molecular weight excluding hydrogens is 220 g/mol. The van der Waals surface area contributed by atoms with Crippen LogP contribution in [0.5, 0.6) is 0 Å². The number of amides is 1. The van der Waals surface area contributed by atoms with Crippen molar-refractivity contribution in [1.29, 1.82) is 0 Å². The Kier molecular flexibility index (Phi) is 4.06. The van der Waals surface area contributed by atoms with E-state index in [2.05, 4.69) is 4.98 Å². The van der Waals surface area contributed by atoms with Crippen LogP contribution in [0.2, 0.25) is 0 Å². The first-order valence-electron chi connectivity index (χ1n) is 5.60. The molecule has 1 amide bonds. The fourth-order valence-corrected chi connectivity index (χ4v) is 1.91. The van der Waals surface area contributed by atoms with Crippen LogP contribution in [-0.4, -0.2) is 55.3 Å². The summed E-state index contributed by atoms with van der Waals surface area (Å²) in [5.41, 5.74) is 0.656. The fraction of sp³-hybridized carbons (Fsp3) is 0.500. The van der Waals surface area contributed by atoms with Crippen LogP contribution < -0.4 is 0 Å². The van der Waals surface area contributed by atoms with Gasteiger partial charge < -0.3 is 14.4 Å². The number of methoxy groups -OCH3 is 1. The maximum Gasteiger partial charge on any atom is 0.254 e. The van der Waals surface area contributed by atoms with Crippen molar-refractivity contribution in [3.05, 3.63) is 30.1 Å². The third-order valence-electron chi connectivity index (χ3n) is 2.77. The molecule has 1 aromatic heterocycles. The topological polar surface area (TPSA) is 51.7 Å². The lowest BCUT2D eigenvalue weighted by atomic mass is 10.1. The number of aromatic nitrogens is 1. The quantitative estimate of drug-likeness (QED) is 0.770. The lowest BCUT2D eigenvalue weighted by Gasteiger charge is -2.35. The molecule has 1 saturated heterocycles. The van der Waals surface area contributed by atoms with E-state index in [4.69, 9.17) is 9.47 Å². The Labute approximate surface area is 100 Å². The summed E-state index contributed by atoms with van der Waals surface area (Å²) >= 11 is 0. The Balaban J connectivity index is 2.11. The van der Waals surface area contributed by atoms with Crippen LogP contribution in [0.25, 0.3) is 0 Å². The first kappa shape index (κ1) is 12.0. The van der Waals surface area contributed by atoms with Crippen LogP contribution in [0, 0.1) is 0 Å². The van der Waals surface area contributed by atoms with Gasteiger partial charge in [-0.05, 0) is 12.1 Å². The van der Waals surface area contributed by atoms with Crippen molar-refractivity contribution < 1.29 is 14.3 Å². The summed E-state index contributed by atoms with van der Waals surface area (Å²) in [5, 5.41) is 0. The number of nitrogens with zero attached hydrogens (tertiary/aromatic N) is 2. The molecule has 17 heavy (non-hydrogen) atoms. The summed E-state index contributed by atoms with van der Waals surface area (Å²) in [4.78, 5) is 18.0. The molecular formula is C12H16N2O3. The first-order valence-corrected chi connectivity index (χ1v) is 5.60. The molecule has 92 valence electrons. The molecule has 1 aliphatic rings. The van der Waals surface area contributed by atoms with E-state index >= 15 is 0 Å². The maximum atomic E-state index is 12.3. The molecule has 0 N–H and O–H groups in total. The van der Waals surface area contributed by atoms with Gasteiger partial charge in [-0.1, -0.05) is 0 Å². The summed E-state index contributed by atoms with van der Waals surface area (Å²) < 4.78 is 10.5. The first-order chi connectivity index (χ1) is 8.33. The van der Waals surface area contributed by atoms with Gasteiger partial charge in [-0.15, -0.1) is 0 Å².